The van der Waals surface area contributed by atoms with Gasteiger partial charge in [-0.15, -0.1) is 0 Å². The molecule has 2 saturated carbocycles. The topological polar surface area (TPSA) is 40.5 Å². The molecule has 0 saturated heterocycles. The minimum absolute atomic E-state index is 0.220. The van der Waals surface area contributed by atoms with Crippen LogP contribution in [0.3, 0.4) is 0 Å². The molecular formula is C21H28O2. The van der Waals surface area contributed by atoms with E-state index in [1.54, 1.807) is 0 Å². The summed E-state index contributed by atoms with van der Waals surface area (Å²) in [5.74, 6) is 2.43. The lowest BCUT2D eigenvalue weighted by Gasteiger charge is -2.50. The predicted octanol–water partition coefficient (Wildman–Crippen LogP) is 4.41. The molecule has 3 aliphatic rings. The monoisotopic (exact) mass is 312 g/mol. The average Bonchev–Trinajstić information content (AvgIpc) is 2.77. The molecule has 23 heavy (non-hydrogen) atoms. The molecule has 1 aromatic rings. The zero-order chi connectivity index (χ0) is 16.4. The van der Waals surface area contributed by atoms with Crippen LogP contribution in [-0.4, -0.2) is 16.3 Å². The first kappa shape index (κ1) is 15.3. The molecule has 0 spiro atoms. The molecule has 0 aliphatic heterocycles. The van der Waals surface area contributed by atoms with Crippen molar-refractivity contribution >= 4 is 0 Å². The molecule has 0 amide bonds. The van der Waals surface area contributed by atoms with Crippen LogP contribution in [0.25, 0.3) is 0 Å². The van der Waals surface area contributed by atoms with Crippen LogP contribution in [0.15, 0.2) is 30.4 Å². The van der Waals surface area contributed by atoms with Crippen LogP contribution in [0.1, 0.15) is 56.6 Å². The Hall–Kier alpha value is -1.28. The molecule has 2 nitrogen and oxygen atoms in total. The molecule has 0 bridgehead atoms. The van der Waals surface area contributed by atoms with Crippen LogP contribution in [0.5, 0.6) is 5.75 Å². The lowest BCUT2D eigenvalue weighted by Crippen LogP contribution is -2.42. The van der Waals surface area contributed by atoms with Crippen molar-refractivity contribution in [2.24, 2.45) is 23.2 Å². The third-order valence-electron chi connectivity index (χ3n) is 7.13. The molecule has 4 rings (SSSR count). The Balaban J connectivity index is 1.75. The van der Waals surface area contributed by atoms with Crippen molar-refractivity contribution in [1.82, 2.24) is 0 Å². The minimum Gasteiger partial charge on any atom is -0.508 e. The maximum atomic E-state index is 10.7. The summed E-state index contributed by atoms with van der Waals surface area (Å²) in [5, 5.41) is 20.5. The van der Waals surface area contributed by atoms with Gasteiger partial charge in [-0.2, -0.15) is 0 Å². The van der Waals surface area contributed by atoms with Gasteiger partial charge in [-0.3, -0.25) is 0 Å². The fourth-order valence-corrected chi connectivity index (χ4v) is 6.31. The zero-order valence-electron chi connectivity index (χ0n) is 14.3. The van der Waals surface area contributed by atoms with Crippen molar-refractivity contribution in [3.8, 4) is 5.75 Å². The Morgan fingerprint density at radius 1 is 1.30 bits per heavy atom. The van der Waals surface area contributed by atoms with Gasteiger partial charge in [0, 0.05) is 5.92 Å². The summed E-state index contributed by atoms with van der Waals surface area (Å²) in [6, 6.07) is 5.94. The van der Waals surface area contributed by atoms with E-state index in [0.717, 1.165) is 18.4 Å². The molecule has 2 N–H and O–H groups in total. The molecule has 1 aromatic carbocycles. The molecule has 0 radical (unpaired) electrons. The maximum absolute atomic E-state index is 10.7. The predicted molar refractivity (Wildman–Crippen MR) is 92.4 cm³/mol. The van der Waals surface area contributed by atoms with Gasteiger partial charge in [0.15, 0.2) is 0 Å². The number of benzene rings is 1. The van der Waals surface area contributed by atoms with Crippen molar-refractivity contribution in [1.29, 1.82) is 0 Å². The highest BCUT2D eigenvalue weighted by Gasteiger charge is 2.57. The van der Waals surface area contributed by atoms with E-state index in [1.807, 2.05) is 12.1 Å². The van der Waals surface area contributed by atoms with E-state index in [2.05, 4.69) is 26.5 Å². The molecule has 3 aliphatic carbocycles. The van der Waals surface area contributed by atoms with Crippen molar-refractivity contribution in [3.63, 3.8) is 0 Å². The number of phenolic OH excluding ortho intramolecular Hbond substituents is 1. The largest absolute Gasteiger partial charge is 0.508 e. The Morgan fingerprint density at radius 2 is 2.09 bits per heavy atom. The Morgan fingerprint density at radius 3 is 2.83 bits per heavy atom. The van der Waals surface area contributed by atoms with Crippen LogP contribution >= 0.6 is 0 Å². The summed E-state index contributed by atoms with van der Waals surface area (Å²) < 4.78 is 0. The summed E-state index contributed by atoms with van der Waals surface area (Å²) in [4.78, 5) is 0. The maximum Gasteiger partial charge on any atom is 0.115 e. The van der Waals surface area contributed by atoms with Gasteiger partial charge >= 0.3 is 0 Å². The van der Waals surface area contributed by atoms with Gasteiger partial charge in [0.25, 0.3) is 0 Å². The van der Waals surface area contributed by atoms with E-state index < -0.39 is 0 Å². The smallest absolute Gasteiger partial charge is 0.115 e. The lowest BCUT2D eigenvalue weighted by atomic mass is 9.54. The standard InChI is InChI=1S/C21H28O2/c1-12(2)19-18(23)11-21(3)9-8-16-15-7-5-14(22)10-13(15)4-6-17(16)20(19)21/h5,7,10,16-20,22-23H,1,4,6,8-9,11H2,2-3H3/t16-,17-,18-,19+,20-,21-/m1/s1. The summed E-state index contributed by atoms with van der Waals surface area (Å²) in [6.07, 6.45) is 5.35. The van der Waals surface area contributed by atoms with Crippen LogP contribution in [-0.2, 0) is 6.42 Å². The third kappa shape index (κ3) is 2.18. The fraction of sp³-hybridized carbons (Fsp3) is 0.619. The first-order valence-corrected chi connectivity index (χ1v) is 9.06. The number of hydrogen-bond donors (Lipinski definition) is 2. The van der Waals surface area contributed by atoms with Crippen molar-refractivity contribution in [2.75, 3.05) is 0 Å². The van der Waals surface area contributed by atoms with Crippen LogP contribution in [0.4, 0.5) is 0 Å². The van der Waals surface area contributed by atoms with Crippen LogP contribution < -0.4 is 0 Å². The van der Waals surface area contributed by atoms with E-state index in [-0.39, 0.29) is 17.4 Å². The first-order chi connectivity index (χ1) is 10.9. The molecule has 6 atom stereocenters. The number of aromatic hydroxyl groups is 1. The van der Waals surface area contributed by atoms with Gasteiger partial charge in [-0.25, -0.2) is 0 Å². The number of rotatable bonds is 1. The SMILES string of the molecule is C=C(C)[C@@H]1[C@H]2[C@@H]3CCc4cc(O)ccc4[C@H]3CC[C@]2(C)C[C@H]1O. The molecule has 0 aromatic heterocycles. The number of fused-ring (bicyclic) bond motifs is 5. The van der Waals surface area contributed by atoms with E-state index in [0.29, 0.717) is 23.5 Å². The Labute approximate surface area is 139 Å². The molecule has 124 valence electrons. The minimum atomic E-state index is -0.220. The van der Waals surface area contributed by atoms with E-state index in [4.69, 9.17) is 0 Å². The van der Waals surface area contributed by atoms with E-state index >= 15 is 0 Å². The number of aryl methyl sites for hydroxylation is 1. The highest BCUT2D eigenvalue weighted by molar-refractivity contribution is 5.40. The third-order valence-corrected chi connectivity index (χ3v) is 7.13. The van der Waals surface area contributed by atoms with E-state index in [1.165, 1.54) is 30.4 Å². The summed E-state index contributed by atoms with van der Waals surface area (Å²) in [6.45, 7) is 8.70. The lowest BCUT2D eigenvalue weighted by molar-refractivity contribution is 0.0403. The first-order valence-electron chi connectivity index (χ1n) is 9.06. The number of aliphatic hydroxyl groups excluding tert-OH is 1. The molecular weight excluding hydrogens is 284 g/mol. The second kappa shape index (κ2) is 5.11. The average molecular weight is 312 g/mol. The van der Waals surface area contributed by atoms with Gasteiger partial charge in [0.2, 0.25) is 0 Å². The van der Waals surface area contributed by atoms with Crippen molar-refractivity contribution in [3.05, 3.63) is 41.5 Å². The molecule has 2 heteroatoms. The number of phenols is 1. The molecule has 2 fully saturated rings. The second-order valence-electron chi connectivity index (χ2n) is 8.55. The zero-order valence-corrected chi connectivity index (χ0v) is 14.3. The molecule has 0 unspecified atom stereocenters. The number of aliphatic hydroxyl groups is 1. The number of hydrogen-bond acceptors (Lipinski definition) is 2. The highest BCUT2D eigenvalue weighted by Crippen LogP contribution is 2.63. The molecule has 0 heterocycles. The summed E-state index contributed by atoms with van der Waals surface area (Å²) in [7, 11) is 0. The van der Waals surface area contributed by atoms with Crippen LogP contribution in [0, 0.1) is 23.2 Å². The van der Waals surface area contributed by atoms with Crippen LogP contribution in [0.2, 0.25) is 0 Å². The summed E-state index contributed by atoms with van der Waals surface area (Å²) >= 11 is 0. The van der Waals surface area contributed by atoms with Gasteiger partial charge in [0.1, 0.15) is 5.75 Å². The normalized spacial score (nSPS) is 41.8. The van der Waals surface area contributed by atoms with Gasteiger partial charge in [0.05, 0.1) is 6.10 Å². The van der Waals surface area contributed by atoms with Crippen molar-refractivity contribution < 1.29 is 10.2 Å². The van der Waals surface area contributed by atoms with Gasteiger partial charge in [-0.1, -0.05) is 25.1 Å². The van der Waals surface area contributed by atoms with Gasteiger partial charge < -0.3 is 10.2 Å². The fourth-order valence-electron chi connectivity index (χ4n) is 6.31. The second-order valence-corrected chi connectivity index (χ2v) is 8.55. The van der Waals surface area contributed by atoms with Crippen molar-refractivity contribution in [2.45, 2.75) is 58.0 Å². The summed E-state index contributed by atoms with van der Waals surface area (Å²) in [5.41, 5.74) is 4.20. The Kier molecular flexibility index (Phi) is 3.39. The quantitative estimate of drug-likeness (QED) is 0.754. The van der Waals surface area contributed by atoms with E-state index in [9.17, 15) is 10.2 Å². The highest BCUT2D eigenvalue weighted by atomic mass is 16.3. The van der Waals surface area contributed by atoms with Gasteiger partial charge in [-0.05, 0) is 85.5 Å². The Bertz CT molecular complexity index is 649.